The van der Waals surface area contributed by atoms with Gasteiger partial charge in [-0.05, 0) is 12.1 Å². The molecule has 0 fully saturated rings. The molecular formula is C18H28O8. The quantitative estimate of drug-likeness (QED) is 0.323. The molecule has 1 N–H and O–H groups in total. The zero-order valence-electron chi connectivity index (χ0n) is 15.2. The molecular weight excluding hydrogens is 344 g/mol. The lowest BCUT2D eigenvalue weighted by Crippen LogP contribution is -2.14. The second-order valence-corrected chi connectivity index (χ2v) is 5.10. The van der Waals surface area contributed by atoms with Crippen molar-refractivity contribution < 1.29 is 38.3 Å². The lowest BCUT2D eigenvalue weighted by Gasteiger charge is -2.10. The molecule has 0 atom stereocenters. The Balaban J connectivity index is 1.87. The first-order chi connectivity index (χ1) is 12.8. The van der Waals surface area contributed by atoms with Crippen molar-refractivity contribution in [2.75, 3.05) is 73.2 Å². The van der Waals surface area contributed by atoms with Crippen LogP contribution in [0.2, 0.25) is 0 Å². The summed E-state index contributed by atoms with van der Waals surface area (Å²) in [5.41, 5.74) is 0.195. The Morgan fingerprint density at radius 3 is 1.81 bits per heavy atom. The van der Waals surface area contributed by atoms with Crippen molar-refractivity contribution in [3.63, 3.8) is 0 Å². The van der Waals surface area contributed by atoms with E-state index in [1.807, 2.05) is 0 Å². The van der Waals surface area contributed by atoms with Crippen LogP contribution in [0, 0.1) is 0 Å². The summed E-state index contributed by atoms with van der Waals surface area (Å²) < 4.78 is 31.5. The van der Waals surface area contributed by atoms with Crippen molar-refractivity contribution in [1.29, 1.82) is 0 Å². The van der Waals surface area contributed by atoms with Crippen molar-refractivity contribution in [2.24, 2.45) is 0 Å². The Bertz CT molecular complexity index is 480. The number of benzene rings is 1. The summed E-state index contributed by atoms with van der Waals surface area (Å²) in [4.78, 5) is 10.7. The number of ether oxygens (including phenoxy) is 6. The Labute approximate surface area is 153 Å². The monoisotopic (exact) mass is 372 g/mol. The molecule has 8 nitrogen and oxygen atoms in total. The maximum absolute atomic E-state index is 10.7. The molecule has 0 amide bonds. The highest BCUT2D eigenvalue weighted by molar-refractivity contribution is 5.80. The summed E-state index contributed by atoms with van der Waals surface area (Å²) in [5.74, 6) is 0.104. The molecule has 0 saturated heterocycles. The number of carbonyl (C=O) groups is 1. The first-order valence-corrected chi connectivity index (χ1v) is 8.49. The van der Waals surface area contributed by atoms with Crippen molar-refractivity contribution >= 4 is 6.29 Å². The molecule has 1 rings (SSSR count). The largest absolute Gasteiger partial charge is 0.504 e. The third kappa shape index (κ3) is 10.3. The van der Waals surface area contributed by atoms with E-state index in [9.17, 15) is 9.90 Å². The SMILES string of the molecule is COCCOCCOCCOCCOCCOc1cccc(C=O)c1O. The summed E-state index contributed by atoms with van der Waals surface area (Å²) in [6.07, 6.45) is 0.578. The first kappa shape index (κ1) is 22.3. The fourth-order valence-electron chi connectivity index (χ4n) is 1.87. The van der Waals surface area contributed by atoms with Gasteiger partial charge in [0.15, 0.2) is 17.8 Å². The van der Waals surface area contributed by atoms with E-state index in [4.69, 9.17) is 28.4 Å². The van der Waals surface area contributed by atoms with Gasteiger partial charge < -0.3 is 33.5 Å². The highest BCUT2D eigenvalue weighted by atomic mass is 16.6. The van der Waals surface area contributed by atoms with Crippen LogP contribution >= 0.6 is 0 Å². The lowest BCUT2D eigenvalue weighted by molar-refractivity contribution is -0.00983. The summed E-state index contributed by atoms with van der Waals surface area (Å²) in [6.45, 7) is 4.72. The summed E-state index contributed by atoms with van der Waals surface area (Å²) in [7, 11) is 1.63. The van der Waals surface area contributed by atoms with E-state index in [2.05, 4.69) is 0 Å². The third-order valence-electron chi connectivity index (χ3n) is 3.19. The fraction of sp³-hybridized carbons (Fsp3) is 0.611. The molecule has 0 aliphatic heterocycles. The van der Waals surface area contributed by atoms with Crippen LogP contribution in [0.1, 0.15) is 10.4 Å². The van der Waals surface area contributed by atoms with E-state index in [1.165, 1.54) is 6.07 Å². The number of phenols is 1. The molecule has 0 aromatic heterocycles. The number of hydrogen-bond donors (Lipinski definition) is 1. The van der Waals surface area contributed by atoms with Gasteiger partial charge in [-0.1, -0.05) is 6.07 Å². The van der Waals surface area contributed by atoms with Gasteiger partial charge in [0.25, 0.3) is 0 Å². The molecule has 0 aliphatic carbocycles. The number of phenolic OH excluding ortho intramolecular Hbond substituents is 1. The maximum atomic E-state index is 10.7. The number of rotatable bonds is 17. The van der Waals surface area contributed by atoms with Crippen LogP contribution in [-0.4, -0.2) is 84.6 Å². The van der Waals surface area contributed by atoms with Crippen molar-refractivity contribution in [3.05, 3.63) is 23.8 Å². The van der Waals surface area contributed by atoms with Crippen LogP contribution < -0.4 is 4.74 Å². The smallest absolute Gasteiger partial charge is 0.168 e. The number of methoxy groups -OCH3 is 1. The molecule has 0 bridgehead atoms. The normalized spacial score (nSPS) is 10.8. The first-order valence-electron chi connectivity index (χ1n) is 8.49. The lowest BCUT2D eigenvalue weighted by atomic mass is 10.2. The molecule has 0 saturated carbocycles. The highest BCUT2D eigenvalue weighted by Gasteiger charge is 2.06. The molecule has 0 heterocycles. The predicted octanol–water partition coefficient (Wildman–Crippen LogP) is 1.30. The van der Waals surface area contributed by atoms with Crippen LogP contribution in [0.3, 0.4) is 0 Å². The molecule has 0 aliphatic rings. The summed E-state index contributed by atoms with van der Waals surface area (Å²) in [5, 5.41) is 9.76. The van der Waals surface area contributed by atoms with Gasteiger partial charge in [-0.25, -0.2) is 0 Å². The van der Waals surface area contributed by atoms with Crippen molar-refractivity contribution in [1.82, 2.24) is 0 Å². The summed E-state index contributed by atoms with van der Waals surface area (Å²) >= 11 is 0. The molecule has 1 aromatic rings. The number of aromatic hydroxyl groups is 1. The molecule has 26 heavy (non-hydrogen) atoms. The second-order valence-electron chi connectivity index (χ2n) is 5.10. The molecule has 1 aromatic carbocycles. The molecule has 0 spiro atoms. The molecule has 148 valence electrons. The minimum atomic E-state index is -0.157. The zero-order chi connectivity index (χ0) is 18.9. The Hall–Kier alpha value is -1.71. The highest BCUT2D eigenvalue weighted by Crippen LogP contribution is 2.28. The van der Waals surface area contributed by atoms with E-state index < -0.39 is 0 Å². The standard InChI is InChI=1S/C18H28O8/c1-21-5-6-22-7-8-23-9-10-24-11-12-25-13-14-26-17-4-2-3-16(15-19)18(17)20/h2-4,15,20H,5-14H2,1H3. The van der Waals surface area contributed by atoms with Gasteiger partial charge in [-0.2, -0.15) is 0 Å². The Morgan fingerprint density at radius 1 is 0.808 bits per heavy atom. The molecule has 0 radical (unpaired) electrons. The van der Waals surface area contributed by atoms with E-state index in [1.54, 1.807) is 19.2 Å². The Kier molecular flexibility index (Phi) is 13.3. The number of para-hydroxylation sites is 1. The third-order valence-corrected chi connectivity index (χ3v) is 3.19. The molecule has 8 heteroatoms. The van der Waals surface area contributed by atoms with E-state index in [0.29, 0.717) is 65.7 Å². The summed E-state index contributed by atoms with van der Waals surface area (Å²) in [6, 6.07) is 4.75. The van der Waals surface area contributed by atoms with Gasteiger partial charge in [0.1, 0.15) is 6.61 Å². The zero-order valence-corrected chi connectivity index (χ0v) is 15.2. The van der Waals surface area contributed by atoms with Crippen LogP contribution in [0.5, 0.6) is 11.5 Å². The van der Waals surface area contributed by atoms with Crippen LogP contribution in [0.15, 0.2) is 18.2 Å². The second kappa shape index (κ2) is 15.5. The number of aldehydes is 1. The average molecular weight is 372 g/mol. The van der Waals surface area contributed by atoms with Crippen molar-refractivity contribution in [2.45, 2.75) is 0 Å². The number of hydrogen-bond acceptors (Lipinski definition) is 8. The molecule has 0 unspecified atom stereocenters. The van der Waals surface area contributed by atoms with Crippen LogP contribution in [0.4, 0.5) is 0 Å². The van der Waals surface area contributed by atoms with Gasteiger partial charge in [0.05, 0.1) is 65.0 Å². The van der Waals surface area contributed by atoms with Crippen LogP contribution in [-0.2, 0) is 23.7 Å². The van der Waals surface area contributed by atoms with Crippen molar-refractivity contribution in [3.8, 4) is 11.5 Å². The number of carbonyl (C=O) groups excluding carboxylic acids is 1. The van der Waals surface area contributed by atoms with E-state index >= 15 is 0 Å². The fourth-order valence-corrected chi connectivity index (χ4v) is 1.87. The minimum absolute atomic E-state index is 0.157. The minimum Gasteiger partial charge on any atom is -0.504 e. The van der Waals surface area contributed by atoms with Gasteiger partial charge in [0, 0.05) is 7.11 Å². The van der Waals surface area contributed by atoms with E-state index in [-0.39, 0.29) is 23.7 Å². The van der Waals surface area contributed by atoms with Gasteiger partial charge in [0.2, 0.25) is 0 Å². The topological polar surface area (TPSA) is 92.7 Å². The van der Waals surface area contributed by atoms with Gasteiger partial charge in [-0.15, -0.1) is 0 Å². The van der Waals surface area contributed by atoms with E-state index in [0.717, 1.165) is 0 Å². The average Bonchev–Trinajstić information content (AvgIpc) is 2.66. The maximum Gasteiger partial charge on any atom is 0.168 e. The van der Waals surface area contributed by atoms with Crippen LogP contribution in [0.25, 0.3) is 0 Å². The van der Waals surface area contributed by atoms with Gasteiger partial charge in [-0.3, -0.25) is 4.79 Å². The Morgan fingerprint density at radius 2 is 1.31 bits per heavy atom. The predicted molar refractivity (Wildman–Crippen MR) is 94.1 cm³/mol. The van der Waals surface area contributed by atoms with Gasteiger partial charge >= 0.3 is 0 Å².